The van der Waals surface area contributed by atoms with E-state index in [1.165, 1.54) is 12.8 Å². The summed E-state index contributed by atoms with van der Waals surface area (Å²) in [5.41, 5.74) is 0.307. The van der Waals surface area contributed by atoms with Crippen molar-refractivity contribution < 1.29 is 9.90 Å². The van der Waals surface area contributed by atoms with E-state index in [1.54, 1.807) is 4.90 Å². The number of nitrogens with zero attached hydrogens (tertiary/aromatic N) is 2. The van der Waals surface area contributed by atoms with Crippen molar-refractivity contribution in [1.82, 2.24) is 9.80 Å². The van der Waals surface area contributed by atoms with Gasteiger partial charge in [0, 0.05) is 24.5 Å². The van der Waals surface area contributed by atoms with Gasteiger partial charge in [0.2, 0.25) is 0 Å². The van der Waals surface area contributed by atoms with E-state index in [1.807, 2.05) is 14.1 Å². The van der Waals surface area contributed by atoms with Gasteiger partial charge in [0.1, 0.15) is 0 Å². The molecule has 0 aromatic rings. The van der Waals surface area contributed by atoms with Crippen LogP contribution in [0.25, 0.3) is 0 Å². The van der Waals surface area contributed by atoms with Crippen molar-refractivity contribution in [3.8, 4) is 0 Å². The molecule has 0 aromatic heterocycles. The van der Waals surface area contributed by atoms with Gasteiger partial charge in [-0.25, -0.2) is 4.79 Å². The average molecular weight is 184 g/mol. The van der Waals surface area contributed by atoms with Crippen molar-refractivity contribution in [3.05, 3.63) is 0 Å². The SMILES string of the molecule is CN(C)C1CN(C(=O)O)CC12CC2. The zero-order chi connectivity index (χ0) is 9.64. The van der Waals surface area contributed by atoms with Crippen LogP contribution in [0.3, 0.4) is 0 Å². The van der Waals surface area contributed by atoms with Gasteiger partial charge in [0.05, 0.1) is 0 Å². The molecule has 4 nitrogen and oxygen atoms in total. The number of amides is 1. The van der Waals surface area contributed by atoms with Crippen molar-refractivity contribution in [2.45, 2.75) is 18.9 Å². The van der Waals surface area contributed by atoms with Gasteiger partial charge in [-0.15, -0.1) is 0 Å². The Morgan fingerprint density at radius 1 is 1.54 bits per heavy atom. The van der Waals surface area contributed by atoms with Crippen LogP contribution in [-0.2, 0) is 0 Å². The number of hydrogen-bond acceptors (Lipinski definition) is 2. The van der Waals surface area contributed by atoms with E-state index in [0.717, 1.165) is 6.54 Å². The first-order chi connectivity index (χ1) is 6.05. The Morgan fingerprint density at radius 2 is 2.15 bits per heavy atom. The van der Waals surface area contributed by atoms with Crippen LogP contribution in [0.1, 0.15) is 12.8 Å². The number of hydrogen-bond donors (Lipinski definition) is 1. The lowest BCUT2D eigenvalue weighted by atomic mass is 10.0. The zero-order valence-corrected chi connectivity index (χ0v) is 8.16. The summed E-state index contributed by atoms with van der Waals surface area (Å²) < 4.78 is 0. The molecule has 2 aliphatic rings. The number of likely N-dealkylation sites (N-methyl/N-ethyl adjacent to an activating group) is 1. The van der Waals surface area contributed by atoms with Crippen LogP contribution in [0.5, 0.6) is 0 Å². The molecule has 2 rings (SSSR count). The van der Waals surface area contributed by atoms with Gasteiger partial charge in [-0.1, -0.05) is 0 Å². The van der Waals surface area contributed by atoms with E-state index >= 15 is 0 Å². The summed E-state index contributed by atoms with van der Waals surface area (Å²) in [5.74, 6) is 0. The van der Waals surface area contributed by atoms with Crippen LogP contribution < -0.4 is 0 Å². The van der Waals surface area contributed by atoms with Gasteiger partial charge in [0.15, 0.2) is 0 Å². The lowest BCUT2D eigenvalue weighted by molar-refractivity contribution is 0.151. The minimum absolute atomic E-state index is 0.307. The van der Waals surface area contributed by atoms with Crippen LogP contribution >= 0.6 is 0 Å². The minimum atomic E-state index is -0.768. The van der Waals surface area contributed by atoms with Gasteiger partial charge in [0.25, 0.3) is 0 Å². The van der Waals surface area contributed by atoms with E-state index in [2.05, 4.69) is 4.90 Å². The lowest BCUT2D eigenvalue weighted by Crippen LogP contribution is -2.36. The molecular weight excluding hydrogens is 168 g/mol. The summed E-state index contributed by atoms with van der Waals surface area (Å²) in [7, 11) is 4.08. The van der Waals surface area contributed by atoms with Crippen LogP contribution in [0.2, 0.25) is 0 Å². The second kappa shape index (κ2) is 2.61. The fourth-order valence-corrected chi connectivity index (χ4v) is 2.46. The molecule has 1 saturated heterocycles. The van der Waals surface area contributed by atoms with E-state index in [0.29, 0.717) is 18.0 Å². The quantitative estimate of drug-likeness (QED) is 0.652. The second-order valence-corrected chi connectivity index (χ2v) is 4.50. The maximum atomic E-state index is 10.8. The molecule has 1 aliphatic heterocycles. The zero-order valence-electron chi connectivity index (χ0n) is 8.16. The van der Waals surface area contributed by atoms with E-state index in [4.69, 9.17) is 5.11 Å². The van der Waals surface area contributed by atoms with Crippen LogP contribution in [0.15, 0.2) is 0 Å². The largest absolute Gasteiger partial charge is 0.465 e. The van der Waals surface area contributed by atoms with Crippen molar-refractivity contribution in [2.24, 2.45) is 5.41 Å². The molecule has 1 unspecified atom stereocenters. The molecule has 4 heteroatoms. The van der Waals surface area contributed by atoms with Crippen LogP contribution in [0.4, 0.5) is 4.79 Å². The summed E-state index contributed by atoms with van der Waals surface area (Å²) in [6, 6.07) is 0.434. The van der Waals surface area contributed by atoms with Gasteiger partial charge < -0.3 is 14.9 Å². The highest BCUT2D eigenvalue weighted by atomic mass is 16.4. The first kappa shape index (κ1) is 8.81. The molecule has 0 aromatic carbocycles. The Balaban J connectivity index is 2.10. The fraction of sp³-hybridized carbons (Fsp3) is 0.889. The number of likely N-dealkylation sites (tertiary alicyclic amines) is 1. The van der Waals surface area contributed by atoms with Gasteiger partial charge in [-0.3, -0.25) is 0 Å². The molecule has 1 heterocycles. The molecule has 1 atom stereocenters. The Kier molecular flexibility index (Phi) is 1.77. The van der Waals surface area contributed by atoms with E-state index in [-0.39, 0.29) is 0 Å². The molecule has 1 amide bonds. The maximum absolute atomic E-state index is 10.8. The predicted molar refractivity (Wildman–Crippen MR) is 48.7 cm³/mol. The molecular formula is C9H16N2O2. The van der Waals surface area contributed by atoms with Gasteiger partial charge in [-0.05, 0) is 26.9 Å². The molecule has 1 aliphatic carbocycles. The third-order valence-electron chi connectivity index (χ3n) is 3.39. The summed E-state index contributed by atoms with van der Waals surface area (Å²) >= 11 is 0. The molecule has 13 heavy (non-hydrogen) atoms. The molecule has 0 radical (unpaired) electrons. The Labute approximate surface area is 78.1 Å². The van der Waals surface area contributed by atoms with Crippen molar-refractivity contribution in [2.75, 3.05) is 27.2 Å². The monoisotopic (exact) mass is 184 g/mol. The highest BCUT2D eigenvalue weighted by Gasteiger charge is 2.56. The Hall–Kier alpha value is -0.770. The third kappa shape index (κ3) is 1.29. The standard InChI is InChI=1S/C9H16N2O2/c1-10(2)7-5-11(8(12)13)6-9(7)3-4-9/h7H,3-6H2,1-2H3,(H,12,13). The van der Waals surface area contributed by atoms with Crippen molar-refractivity contribution in [3.63, 3.8) is 0 Å². The number of rotatable bonds is 1. The first-order valence-corrected chi connectivity index (χ1v) is 4.69. The normalized spacial score (nSPS) is 30.1. The van der Waals surface area contributed by atoms with Crippen LogP contribution in [-0.4, -0.2) is 54.2 Å². The van der Waals surface area contributed by atoms with E-state index in [9.17, 15) is 4.79 Å². The molecule has 0 bridgehead atoms. The predicted octanol–water partition coefficient (Wildman–Crippen LogP) is 0.690. The molecule has 1 N–H and O–H groups in total. The molecule has 1 saturated carbocycles. The van der Waals surface area contributed by atoms with E-state index < -0.39 is 6.09 Å². The van der Waals surface area contributed by atoms with Crippen molar-refractivity contribution in [1.29, 1.82) is 0 Å². The Bertz CT molecular complexity index is 236. The summed E-state index contributed by atoms with van der Waals surface area (Å²) in [4.78, 5) is 14.5. The molecule has 74 valence electrons. The highest BCUT2D eigenvalue weighted by Crippen LogP contribution is 2.54. The first-order valence-electron chi connectivity index (χ1n) is 4.69. The smallest absolute Gasteiger partial charge is 0.407 e. The summed E-state index contributed by atoms with van der Waals surface area (Å²) in [6.07, 6.45) is 1.62. The molecule has 2 fully saturated rings. The Morgan fingerprint density at radius 3 is 2.46 bits per heavy atom. The van der Waals surface area contributed by atoms with Crippen molar-refractivity contribution >= 4 is 6.09 Å². The number of carboxylic acid groups (broad SMARTS) is 1. The fourth-order valence-electron chi connectivity index (χ4n) is 2.46. The lowest BCUT2D eigenvalue weighted by Gasteiger charge is -2.24. The summed E-state index contributed by atoms with van der Waals surface area (Å²) in [6.45, 7) is 1.42. The highest BCUT2D eigenvalue weighted by molar-refractivity contribution is 5.66. The number of carbonyl (C=O) groups is 1. The third-order valence-corrected chi connectivity index (χ3v) is 3.39. The van der Waals surface area contributed by atoms with Gasteiger partial charge in [-0.2, -0.15) is 0 Å². The second-order valence-electron chi connectivity index (χ2n) is 4.50. The topological polar surface area (TPSA) is 43.8 Å². The van der Waals surface area contributed by atoms with Gasteiger partial charge >= 0.3 is 6.09 Å². The summed E-state index contributed by atoms with van der Waals surface area (Å²) in [5, 5.41) is 8.88. The average Bonchev–Trinajstić information content (AvgIpc) is 2.61. The maximum Gasteiger partial charge on any atom is 0.407 e. The minimum Gasteiger partial charge on any atom is -0.465 e. The molecule has 1 spiro atoms. The van der Waals surface area contributed by atoms with Crippen LogP contribution in [0, 0.1) is 5.41 Å².